The highest BCUT2D eigenvalue weighted by Gasteiger charge is 2.41. The molecule has 0 aliphatic heterocycles. The summed E-state index contributed by atoms with van der Waals surface area (Å²) in [5.74, 6) is -7.14. The van der Waals surface area contributed by atoms with Gasteiger partial charge in [0.1, 0.15) is 11.4 Å². The number of aromatic nitrogens is 2. The van der Waals surface area contributed by atoms with Crippen molar-refractivity contribution in [3.63, 3.8) is 0 Å². The van der Waals surface area contributed by atoms with E-state index in [0.717, 1.165) is 4.68 Å². The molecule has 130 valence electrons. The first-order chi connectivity index (χ1) is 10.5. The Morgan fingerprint density at radius 2 is 2.13 bits per heavy atom. The third-order valence-electron chi connectivity index (χ3n) is 4.01. The summed E-state index contributed by atoms with van der Waals surface area (Å²) in [6, 6.07) is 0. The minimum atomic E-state index is -3.23. The van der Waals surface area contributed by atoms with Gasteiger partial charge in [-0.1, -0.05) is 0 Å². The van der Waals surface area contributed by atoms with E-state index in [9.17, 15) is 22.4 Å². The summed E-state index contributed by atoms with van der Waals surface area (Å²) in [5, 5.41) is 3.82. The number of nitrogens with zero attached hydrogens (tertiary/aromatic N) is 2. The number of carbonyl (C=O) groups is 1. The smallest absolute Gasteiger partial charge is 0.356 e. The largest absolute Gasteiger partial charge is 0.461 e. The van der Waals surface area contributed by atoms with Crippen LogP contribution in [-0.2, 0) is 17.2 Å². The lowest BCUT2D eigenvalue weighted by Crippen LogP contribution is -2.19. The summed E-state index contributed by atoms with van der Waals surface area (Å²) in [6.07, 6.45) is -0.290. The fraction of sp³-hybridized carbons (Fsp3) is 0.733. The Kier molecular flexibility index (Phi) is 4.73. The highest BCUT2D eigenvalue weighted by atomic mass is 19.3. The van der Waals surface area contributed by atoms with Crippen molar-refractivity contribution in [3.8, 4) is 0 Å². The molecule has 0 spiro atoms. The maximum atomic E-state index is 13.6. The van der Waals surface area contributed by atoms with Crippen LogP contribution in [0.15, 0.2) is 0 Å². The van der Waals surface area contributed by atoms with Crippen molar-refractivity contribution in [2.75, 3.05) is 6.61 Å². The van der Waals surface area contributed by atoms with Crippen molar-refractivity contribution in [1.29, 1.82) is 0 Å². The van der Waals surface area contributed by atoms with Crippen molar-refractivity contribution in [1.82, 2.24) is 9.78 Å². The quantitative estimate of drug-likeness (QED) is 0.605. The average Bonchev–Trinajstić information content (AvgIpc) is 2.90. The molecular weight excluding hydrogens is 316 g/mol. The first kappa shape index (κ1) is 17.7. The molecule has 8 heteroatoms. The second-order valence-electron chi connectivity index (χ2n) is 6.08. The molecule has 23 heavy (non-hydrogen) atoms. The summed E-state index contributed by atoms with van der Waals surface area (Å²) in [7, 11) is 0. The zero-order valence-corrected chi connectivity index (χ0v) is 13.3. The van der Waals surface area contributed by atoms with Gasteiger partial charge in [-0.05, 0) is 26.2 Å². The predicted octanol–water partition coefficient (Wildman–Crippen LogP) is 3.92. The Morgan fingerprint density at radius 1 is 1.48 bits per heavy atom. The molecule has 1 aromatic heterocycles. The molecule has 0 saturated heterocycles. The lowest BCUT2D eigenvalue weighted by molar-refractivity contribution is 0.00343. The zero-order valence-electron chi connectivity index (χ0n) is 13.3. The maximum absolute atomic E-state index is 13.6. The molecule has 0 unspecified atom stereocenters. The summed E-state index contributed by atoms with van der Waals surface area (Å²) in [4.78, 5) is 12.1. The van der Waals surface area contributed by atoms with Gasteiger partial charge >= 0.3 is 5.97 Å². The van der Waals surface area contributed by atoms with Gasteiger partial charge in [-0.25, -0.2) is 13.6 Å². The van der Waals surface area contributed by atoms with Crippen LogP contribution in [0.5, 0.6) is 0 Å². The Balaban J connectivity index is 2.35. The van der Waals surface area contributed by atoms with E-state index >= 15 is 0 Å². The van der Waals surface area contributed by atoms with E-state index in [4.69, 9.17) is 4.74 Å². The third kappa shape index (κ3) is 3.84. The second kappa shape index (κ2) is 6.13. The van der Waals surface area contributed by atoms with Crippen molar-refractivity contribution >= 4 is 5.97 Å². The maximum Gasteiger partial charge on any atom is 0.356 e. The van der Waals surface area contributed by atoms with Gasteiger partial charge in [0.05, 0.1) is 6.61 Å². The summed E-state index contributed by atoms with van der Waals surface area (Å²) in [5.41, 5.74) is -0.579. The molecule has 1 atom stereocenters. The lowest BCUT2D eigenvalue weighted by atomic mass is 10.1. The van der Waals surface area contributed by atoms with Crippen LogP contribution < -0.4 is 0 Å². The molecule has 1 aliphatic rings. The van der Waals surface area contributed by atoms with Gasteiger partial charge in [0.2, 0.25) is 5.92 Å². The Bertz CT molecular complexity index is 593. The first-order valence-electron chi connectivity index (χ1n) is 7.56. The minimum absolute atomic E-state index is 0.000652. The zero-order chi connectivity index (χ0) is 17.4. The monoisotopic (exact) mass is 336 g/mol. The minimum Gasteiger partial charge on any atom is -0.461 e. The number of rotatable bonds is 5. The molecule has 1 saturated carbocycles. The third-order valence-corrected chi connectivity index (χ3v) is 4.01. The SMILES string of the molecule is CCOC(=O)c1c(C)c(C(C)(F)F)nn1C[C@H]1CCC(F)(F)C1. The first-order valence-corrected chi connectivity index (χ1v) is 7.56. The van der Waals surface area contributed by atoms with Gasteiger partial charge in [-0.2, -0.15) is 13.9 Å². The van der Waals surface area contributed by atoms with Crippen molar-refractivity contribution in [2.45, 2.75) is 58.4 Å². The van der Waals surface area contributed by atoms with Gasteiger partial charge in [-0.3, -0.25) is 4.68 Å². The number of ether oxygens (including phenoxy) is 1. The molecule has 0 amide bonds. The second-order valence-corrected chi connectivity index (χ2v) is 6.08. The predicted molar refractivity (Wildman–Crippen MR) is 74.8 cm³/mol. The van der Waals surface area contributed by atoms with Crippen molar-refractivity contribution < 1.29 is 27.1 Å². The van der Waals surface area contributed by atoms with E-state index in [1.54, 1.807) is 6.92 Å². The number of hydrogen-bond acceptors (Lipinski definition) is 3. The lowest BCUT2D eigenvalue weighted by Gasteiger charge is -2.13. The fourth-order valence-corrected chi connectivity index (χ4v) is 3.00. The average molecular weight is 336 g/mol. The highest BCUT2D eigenvalue weighted by Crippen LogP contribution is 2.40. The van der Waals surface area contributed by atoms with Crippen LogP contribution in [0.25, 0.3) is 0 Å². The number of alkyl halides is 4. The fourth-order valence-electron chi connectivity index (χ4n) is 3.00. The van der Waals surface area contributed by atoms with Gasteiger partial charge in [0.25, 0.3) is 5.92 Å². The van der Waals surface area contributed by atoms with Crippen LogP contribution in [0.2, 0.25) is 0 Å². The van der Waals surface area contributed by atoms with Crippen molar-refractivity contribution in [2.24, 2.45) is 5.92 Å². The van der Waals surface area contributed by atoms with Crippen LogP contribution in [0.1, 0.15) is 54.9 Å². The molecule has 2 rings (SSSR count). The Morgan fingerprint density at radius 3 is 2.61 bits per heavy atom. The molecule has 0 radical (unpaired) electrons. The van der Waals surface area contributed by atoms with Crippen molar-refractivity contribution in [3.05, 3.63) is 17.0 Å². The van der Waals surface area contributed by atoms with E-state index in [1.807, 2.05) is 0 Å². The Hall–Kier alpha value is -1.60. The van der Waals surface area contributed by atoms with E-state index in [1.165, 1.54) is 6.92 Å². The molecular formula is C15H20F4N2O2. The molecule has 1 aromatic rings. The van der Waals surface area contributed by atoms with Gasteiger partial charge in [-0.15, -0.1) is 0 Å². The van der Waals surface area contributed by atoms with E-state index in [2.05, 4.69) is 5.10 Å². The van der Waals surface area contributed by atoms with Crippen LogP contribution >= 0.6 is 0 Å². The molecule has 0 N–H and O–H groups in total. The number of carbonyl (C=O) groups excluding carboxylic acids is 1. The summed E-state index contributed by atoms with van der Waals surface area (Å²) in [6.45, 7) is 3.74. The van der Waals surface area contributed by atoms with Crippen LogP contribution in [-0.4, -0.2) is 28.3 Å². The summed E-state index contributed by atoms with van der Waals surface area (Å²) >= 11 is 0. The normalized spacial score (nSPS) is 20.7. The number of esters is 1. The van der Waals surface area contributed by atoms with Crippen LogP contribution in [0, 0.1) is 12.8 Å². The molecule has 1 heterocycles. The molecule has 0 aromatic carbocycles. The molecule has 4 nitrogen and oxygen atoms in total. The molecule has 0 bridgehead atoms. The van der Waals surface area contributed by atoms with Gasteiger partial charge < -0.3 is 4.74 Å². The van der Waals surface area contributed by atoms with Crippen LogP contribution in [0.3, 0.4) is 0 Å². The van der Waals surface area contributed by atoms with E-state index in [0.29, 0.717) is 6.92 Å². The molecule has 1 fully saturated rings. The topological polar surface area (TPSA) is 44.1 Å². The number of hydrogen-bond donors (Lipinski definition) is 0. The number of halogens is 4. The molecule has 1 aliphatic carbocycles. The van der Waals surface area contributed by atoms with Gasteiger partial charge in [0.15, 0.2) is 0 Å². The van der Waals surface area contributed by atoms with Crippen LogP contribution in [0.4, 0.5) is 17.6 Å². The standard InChI is InChI=1S/C15H20F4N2O2/c1-4-23-13(22)11-9(2)12(14(3,16)17)20-21(11)8-10-5-6-15(18,19)7-10/h10H,4-8H2,1-3H3/t10-/m0/s1. The Labute approximate surface area is 131 Å². The summed E-state index contributed by atoms with van der Waals surface area (Å²) < 4.78 is 59.9. The van der Waals surface area contributed by atoms with E-state index < -0.39 is 29.4 Å². The highest BCUT2D eigenvalue weighted by molar-refractivity contribution is 5.89. The van der Waals surface area contributed by atoms with Gasteiger partial charge in [0, 0.05) is 31.9 Å². The van der Waals surface area contributed by atoms with E-state index in [-0.39, 0.29) is 43.7 Å².